The molecule has 0 amide bonds. The summed E-state index contributed by atoms with van der Waals surface area (Å²) in [5.74, 6) is 31.2. The van der Waals surface area contributed by atoms with Crippen molar-refractivity contribution in [2.45, 2.75) is 134 Å². The fourth-order valence-electron chi connectivity index (χ4n) is 11.4. The highest BCUT2D eigenvalue weighted by atomic mass is 14.8. The van der Waals surface area contributed by atoms with Gasteiger partial charge in [-0.05, 0) is 111 Å². The molecule has 4 aliphatic carbocycles. The molecule has 68 heavy (non-hydrogen) atoms. The van der Waals surface area contributed by atoms with Gasteiger partial charge in [-0.3, -0.25) is 0 Å². The minimum absolute atomic E-state index is 0.355. The van der Waals surface area contributed by atoms with Crippen molar-refractivity contribution in [3.8, 4) is 58.5 Å². The zero-order valence-electron chi connectivity index (χ0n) is 39.6. The molecule has 0 unspecified atom stereocenters. The highest BCUT2D eigenvalue weighted by Crippen LogP contribution is 2.40. The highest BCUT2D eigenvalue weighted by molar-refractivity contribution is 6.00. The van der Waals surface area contributed by atoms with E-state index in [1.807, 2.05) is 18.2 Å². The third-order valence-electron chi connectivity index (χ3n) is 15.2. The highest BCUT2D eigenvalue weighted by Gasteiger charge is 2.25. The molecule has 5 aromatic rings. The predicted molar refractivity (Wildman–Crippen MR) is 283 cm³/mol. The van der Waals surface area contributed by atoms with Crippen LogP contribution in [-0.2, 0) is 0 Å². The quantitative estimate of drug-likeness (QED) is 0.137. The molecule has 11 rings (SSSR count). The van der Waals surface area contributed by atoms with Crippen LogP contribution in [0, 0.1) is 65.1 Å². The second kappa shape index (κ2) is 20.7. The van der Waals surface area contributed by atoms with E-state index in [0.29, 0.717) is 23.7 Å². The zero-order chi connectivity index (χ0) is 45.5. The van der Waals surface area contributed by atoms with E-state index in [1.54, 1.807) is 0 Å². The van der Waals surface area contributed by atoms with Gasteiger partial charge in [0.2, 0.25) is 0 Å². The molecule has 0 radical (unpaired) electrons. The van der Waals surface area contributed by atoms with Crippen LogP contribution in [0.25, 0.3) is 56.5 Å². The van der Waals surface area contributed by atoms with Crippen molar-refractivity contribution in [3.63, 3.8) is 0 Å². The monoisotopic (exact) mass is 886 g/mol. The van der Waals surface area contributed by atoms with E-state index in [2.05, 4.69) is 136 Å². The number of nitrogens with one attached hydrogen (secondary N) is 2. The number of rotatable bonds is 2. The minimum atomic E-state index is 0.355. The van der Waals surface area contributed by atoms with Gasteiger partial charge in [0, 0.05) is 45.5 Å². The Hall–Kier alpha value is -6.72. The van der Waals surface area contributed by atoms with Crippen molar-refractivity contribution < 1.29 is 0 Å². The van der Waals surface area contributed by atoms with Gasteiger partial charge in [0.05, 0.1) is 56.1 Å². The average Bonchev–Trinajstić information content (AvgIpc) is 4.23. The van der Waals surface area contributed by atoms with Crippen molar-refractivity contribution >= 4 is 45.4 Å². The van der Waals surface area contributed by atoms with Gasteiger partial charge in [-0.15, -0.1) is 0 Å². The first kappa shape index (κ1) is 43.8. The number of benzene rings is 2. The number of hydrogen-bond donors (Lipinski definition) is 2. The summed E-state index contributed by atoms with van der Waals surface area (Å²) in [6.07, 6.45) is 28.9. The summed E-state index contributed by atoms with van der Waals surface area (Å²) in [7, 11) is 0. The molecule has 4 nitrogen and oxygen atoms in total. The molecule has 2 aromatic carbocycles. The number of H-pyrrole nitrogens is 2. The molecule has 0 saturated heterocycles. The summed E-state index contributed by atoms with van der Waals surface area (Å²) < 4.78 is 0. The lowest BCUT2D eigenvalue weighted by Crippen LogP contribution is -2.03. The van der Waals surface area contributed by atoms with Gasteiger partial charge in [-0.2, -0.15) is 0 Å². The molecule has 0 spiro atoms. The van der Waals surface area contributed by atoms with Gasteiger partial charge in [-0.25, -0.2) is 9.97 Å². The lowest BCUT2D eigenvalue weighted by molar-refractivity contribution is 0.430. The van der Waals surface area contributed by atoms with Crippen LogP contribution in [0.4, 0.5) is 0 Å². The summed E-state index contributed by atoms with van der Waals surface area (Å²) in [5.41, 5.74) is 15.8. The minimum Gasteiger partial charge on any atom is -0.354 e. The number of aromatic amines is 2. The summed E-state index contributed by atoms with van der Waals surface area (Å²) in [6.45, 7) is 0. The fraction of sp³-hybridized carbons (Fsp3) is 0.375. The SMILES string of the molecule is C(#Cc1ccccc1)C1=Cc2nc1cc1[nH]c(cc1C#CC1CCCC1)c(C1CCCCCC1)c1nc(cc3[nH]c(cc3C#CC3CCCCC3)c2-c2ccccc2)C(C#CC2CCCCC2)=C1. The molecule has 2 N–H and O–H groups in total. The van der Waals surface area contributed by atoms with E-state index in [4.69, 9.17) is 9.97 Å². The smallest absolute Gasteiger partial charge is 0.0815 e. The maximum atomic E-state index is 5.68. The van der Waals surface area contributed by atoms with Crippen LogP contribution in [-0.4, -0.2) is 19.9 Å². The molecule has 338 valence electrons. The van der Waals surface area contributed by atoms with Crippen LogP contribution in [0.3, 0.4) is 0 Å². The third-order valence-corrected chi connectivity index (χ3v) is 15.2. The van der Waals surface area contributed by atoms with Crippen molar-refractivity contribution in [2.24, 2.45) is 17.8 Å². The molecule has 2 aliphatic heterocycles. The number of aromatic nitrogens is 4. The Bertz CT molecular complexity index is 3160. The molecule has 6 aliphatic rings. The normalized spacial score (nSPS) is 18.1. The predicted octanol–water partition coefficient (Wildman–Crippen LogP) is 15.6. The van der Waals surface area contributed by atoms with Crippen LogP contribution < -0.4 is 0 Å². The summed E-state index contributed by atoms with van der Waals surface area (Å²) in [5, 5.41) is 0. The standard InChI is InChI=1S/C64H62N4/c1-2-14-28-49(27-13-1)63-59-39-51(35-31-45-19-7-3-8-20-45)55(65-59)43-56-52(36-32-46-21-9-4-10-22-46)40-61(67-56)64(50-29-15-6-16-30-50)62-41-53(37-33-47-23-11-5-12-24-47)57(68-62)44-58-54(42-60(63)66-58)38-34-48-25-17-18-26-48/h5-6,11-12,15-16,23-24,29-30,39-46,48-49,66-67H,1-4,7-10,13-14,17-22,25-28H2. The van der Waals surface area contributed by atoms with Gasteiger partial charge in [0.15, 0.2) is 0 Å². The number of allylic oxidation sites excluding steroid dienone is 2. The van der Waals surface area contributed by atoms with Crippen LogP contribution in [0.1, 0.15) is 179 Å². The first-order chi connectivity index (χ1) is 33.7. The second-order valence-electron chi connectivity index (χ2n) is 20.1. The van der Waals surface area contributed by atoms with Crippen LogP contribution in [0.5, 0.6) is 0 Å². The van der Waals surface area contributed by atoms with Crippen molar-refractivity contribution in [3.05, 3.63) is 130 Å². The summed E-state index contributed by atoms with van der Waals surface area (Å²) in [4.78, 5) is 19.2. The Labute approximate surface area is 404 Å². The number of nitrogens with zero attached hydrogens (tertiary/aromatic N) is 2. The van der Waals surface area contributed by atoms with Crippen LogP contribution >= 0.6 is 0 Å². The molecule has 4 fully saturated rings. The van der Waals surface area contributed by atoms with Gasteiger partial charge >= 0.3 is 0 Å². The third kappa shape index (κ3) is 10.1. The maximum absolute atomic E-state index is 5.68. The lowest BCUT2D eigenvalue weighted by Gasteiger charge is -2.15. The van der Waals surface area contributed by atoms with Gasteiger partial charge in [0.25, 0.3) is 0 Å². The first-order valence-corrected chi connectivity index (χ1v) is 26.1. The molecule has 8 bridgehead atoms. The van der Waals surface area contributed by atoms with Gasteiger partial charge in [0.1, 0.15) is 0 Å². The van der Waals surface area contributed by atoms with E-state index in [1.165, 1.54) is 108 Å². The molecule has 4 saturated carbocycles. The summed E-state index contributed by atoms with van der Waals surface area (Å²) >= 11 is 0. The van der Waals surface area contributed by atoms with E-state index in [0.717, 1.165) is 109 Å². The first-order valence-electron chi connectivity index (χ1n) is 26.1. The van der Waals surface area contributed by atoms with Gasteiger partial charge < -0.3 is 9.97 Å². The second-order valence-corrected chi connectivity index (χ2v) is 20.1. The fourth-order valence-corrected chi connectivity index (χ4v) is 11.4. The van der Waals surface area contributed by atoms with Crippen LogP contribution in [0.2, 0.25) is 0 Å². The molecular formula is C64H62N4. The molecule has 5 heterocycles. The van der Waals surface area contributed by atoms with Crippen molar-refractivity contribution in [1.82, 2.24) is 19.9 Å². The van der Waals surface area contributed by atoms with Crippen LogP contribution in [0.15, 0.2) is 84.9 Å². The Kier molecular flexibility index (Phi) is 13.3. The van der Waals surface area contributed by atoms with E-state index in [-0.39, 0.29) is 0 Å². The topological polar surface area (TPSA) is 57.4 Å². The Morgan fingerprint density at radius 3 is 1.50 bits per heavy atom. The molecule has 3 aromatic heterocycles. The average molecular weight is 887 g/mol. The zero-order valence-corrected chi connectivity index (χ0v) is 39.6. The number of hydrogen-bond acceptors (Lipinski definition) is 2. The lowest BCUT2D eigenvalue weighted by atomic mass is 9.89. The molecular weight excluding hydrogens is 825 g/mol. The summed E-state index contributed by atoms with van der Waals surface area (Å²) in [6, 6.07) is 30.0. The van der Waals surface area contributed by atoms with Gasteiger partial charge in [-0.1, -0.05) is 173 Å². The Morgan fingerprint density at radius 2 is 0.882 bits per heavy atom. The molecule has 0 atom stereocenters. The van der Waals surface area contributed by atoms with Crippen molar-refractivity contribution in [2.75, 3.05) is 0 Å². The Morgan fingerprint density at radius 1 is 0.412 bits per heavy atom. The Balaban J connectivity index is 1.24. The maximum Gasteiger partial charge on any atom is 0.0815 e. The van der Waals surface area contributed by atoms with E-state index < -0.39 is 0 Å². The molecule has 4 heteroatoms. The van der Waals surface area contributed by atoms with E-state index in [9.17, 15) is 0 Å². The van der Waals surface area contributed by atoms with E-state index >= 15 is 0 Å². The number of fused-ring (bicyclic) bond motifs is 8. The largest absolute Gasteiger partial charge is 0.354 e. The van der Waals surface area contributed by atoms with Crippen molar-refractivity contribution in [1.29, 1.82) is 0 Å².